The summed E-state index contributed by atoms with van der Waals surface area (Å²) in [6.45, 7) is 3.06. The van der Waals surface area contributed by atoms with Crippen molar-refractivity contribution in [3.63, 3.8) is 0 Å². The highest BCUT2D eigenvalue weighted by atomic mass is 79.9. The molecule has 1 N–H and O–H groups in total. The summed E-state index contributed by atoms with van der Waals surface area (Å²) in [5, 5.41) is 4.19. The van der Waals surface area contributed by atoms with Crippen LogP contribution in [0.3, 0.4) is 0 Å². The zero-order chi connectivity index (χ0) is 9.68. The van der Waals surface area contributed by atoms with Crippen molar-refractivity contribution >= 4 is 33.5 Å². The first-order chi connectivity index (χ1) is 6.29. The van der Waals surface area contributed by atoms with Crippen LogP contribution < -0.4 is 5.32 Å². The summed E-state index contributed by atoms with van der Waals surface area (Å²) in [6.07, 6.45) is 4.66. The Morgan fingerprint density at radius 2 is 2.31 bits per heavy atom. The lowest BCUT2D eigenvalue weighted by molar-refractivity contribution is 0.946. The number of rotatable bonds is 4. The summed E-state index contributed by atoms with van der Waals surface area (Å²) in [6, 6.07) is 0. The van der Waals surface area contributed by atoms with E-state index in [1.165, 1.54) is 0 Å². The number of nitrogens with one attached hydrogen (secondary N) is 1. The first-order valence-electron chi connectivity index (χ1n) is 4.08. The smallest absolute Gasteiger partial charge is 0.144 e. The third-order valence-electron chi connectivity index (χ3n) is 1.49. The predicted octanol–water partition coefficient (Wildman–Crippen LogP) is 2.78. The van der Waals surface area contributed by atoms with Crippen molar-refractivity contribution in [2.24, 2.45) is 0 Å². The maximum atomic E-state index is 4.14. The second kappa shape index (κ2) is 5.44. The Labute approximate surface area is 90.9 Å². The summed E-state index contributed by atoms with van der Waals surface area (Å²) in [5.41, 5.74) is 0. The van der Waals surface area contributed by atoms with Crippen molar-refractivity contribution in [1.29, 1.82) is 0 Å². The minimum atomic E-state index is 0.876. The molecule has 0 amide bonds. The van der Waals surface area contributed by atoms with Gasteiger partial charge in [-0.15, -0.1) is 11.8 Å². The van der Waals surface area contributed by atoms with Crippen LogP contribution >= 0.6 is 27.7 Å². The molecular weight excluding hydrogens is 250 g/mol. The van der Waals surface area contributed by atoms with Gasteiger partial charge < -0.3 is 5.32 Å². The van der Waals surface area contributed by atoms with Crippen molar-refractivity contribution in [3.8, 4) is 0 Å². The van der Waals surface area contributed by atoms with E-state index in [0.29, 0.717) is 0 Å². The molecule has 1 heterocycles. The van der Waals surface area contributed by atoms with Gasteiger partial charge in [0.25, 0.3) is 0 Å². The zero-order valence-electron chi connectivity index (χ0n) is 7.67. The van der Waals surface area contributed by atoms with Crippen molar-refractivity contribution in [3.05, 3.63) is 10.8 Å². The largest absolute Gasteiger partial charge is 0.369 e. The normalized spacial score (nSPS) is 10.1. The molecule has 0 atom stereocenters. The molecule has 0 fully saturated rings. The number of nitrogens with zero attached hydrogens (tertiary/aromatic N) is 2. The van der Waals surface area contributed by atoms with Gasteiger partial charge in [0.15, 0.2) is 0 Å². The average molecular weight is 262 g/mol. The molecule has 13 heavy (non-hydrogen) atoms. The molecule has 0 aromatic carbocycles. The van der Waals surface area contributed by atoms with Gasteiger partial charge >= 0.3 is 0 Å². The van der Waals surface area contributed by atoms with Crippen LogP contribution in [-0.4, -0.2) is 22.8 Å². The van der Waals surface area contributed by atoms with Crippen LogP contribution in [0.2, 0.25) is 0 Å². The topological polar surface area (TPSA) is 37.8 Å². The molecule has 1 aromatic rings. The Hall–Kier alpha value is -0.290. The summed E-state index contributed by atoms with van der Waals surface area (Å²) >= 11 is 5.07. The lowest BCUT2D eigenvalue weighted by Crippen LogP contribution is -2.03. The van der Waals surface area contributed by atoms with Crippen LogP contribution in [0.4, 0.5) is 5.82 Å². The molecule has 0 aliphatic heterocycles. The Morgan fingerprint density at radius 1 is 1.54 bits per heavy atom. The quantitative estimate of drug-likeness (QED) is 0.668. The molecule has 0 aliphatic carbocycles. The SMILES string of the molecule is CCCNc1ncnc(SC)c1Br. The molecule has 1 rings (SSSR count). The van der Waals surface area contributed by atoms with E-state index in [2.05, 4.69) is 38.1 Å². The fraction of sp³-hybridized carbons (Fsp3) is 0.500. The minimum Gasteiger partial charge on any atom is -0.369 e. The Balaban J connectivity index is 2.81. The Morgan fingerprint density at radius 3 is 2.92 bits per heavy atom. The maximum absolute atomic E-state index is 4.14. The third-order valence-corrected chi connectivity index (χ3v) is 3.20. The highest BCUT2D eigenvalue weighted by Crippen LogP contribution is 2.28. The lowest BCUT2D eigenvalue weighted by atomic mass is 10.4. The van der Waals surface area contributed by atoms with Gasteiger partial charge in [-0.05, 0) is 28.6 Å². The van der Waals surface area contributed by atoms with E-state index in [9.17, 15) is 0 Å². The Bertz CT molecular complexity index is 280. The molecule has 0 saturated carbocycles. The van der Waals surface area contributed by atoms with Gasteiger partial charge in [0, 0.05) is 6.54 Å². The van der Waals surface area contributed by atoms with Crippen LogP contribution in [0.1, 0.15) is 13.3 Å². The first-order valence-corrected chi connectivity index (χ1v) is 6.09. The third kappa shape index (κ3) is 2.84. The van der Waals surface area contributed by atoms with Crippen molar-refractivity contribution in [2.45, 2.75) is 18.4 Å². The number of hydrogen-bond acceptors (Lipinski definition) is 4. The monoisotopic (exact) mass is 261 g/mol. The standard InChI is InChI=1S/C8H12BrN3S/c1-3-4-10-7-6(9)8(13-2)12-5-11-7/h5H,3-4H2,1-2H3,(H,10,11,12). The van der Waals surface area contributed by atoms with Gasteiger partial charge in [0.1, 0.15) is 17.2 Å². The van der Waals surface area contributed by atoms with E-state index >= 15 is 0 Å². The molecule has 0 spiro atoms. The highest BCUT2D eigenvalue weighted by Gasteiger charge is 2.05. The average Bonchev–Trinajstić information content (AvgIpc) is 2.16. The summed E-state index contributed by atoms with van der Waals surface area (Å²) in [7, 11) is 0. The minimum absolute atomic E-state index is 0.876. The van der Waals surface area contributed by atoms with E-state index in [-0.39, 0.29) is 0 Å². The van der Waals surface area contributed by atoms with Crippen molar-refractivity contribution in [1.82, 2.24) is 9.97 Å². The molecule has 0 radical (unpaired) electrons. The van der Waals surface area contributed by atoms with Crippen molar-refractivity contribution < 1.29 is 0 Å². The molecule has 0 aliphatic rings. The van der Waals surface area contributed by atoms with Gasteiger partial charge in [-0.1, -0.05) is 6.92 Å². The highest BCUT2D eigenvalue weighted by molar-refractivity contribution is 9.10. The number of halogens is 1. The predicted molar refractivity (Wildman–Crippen MR) is 60.3 cm³/mol. The molecule has 0 saturated heterocycles. The first kappa shape index (κ1) is 10.8. The number of aromatic nitrogens is 2. The molecule has 0 bridgehead atoms. The second-order valence-corrected chi connectivity index (χ2v) is 4.06. The zero-order valence-corrected chi connectivity index (χ0v) is 10.1. The molecule has 5 heteroatoms. The molecule has 3 nitrogen and oxygen atoms in total. The summed E-state index contributed by atoms with van der Waals surface area (Å²) in [4.78, 5) is 8.27. The van der Waals surface area contributed by atoms with Crippen LogP contribution in [0.5, 0.6) is 0 Å². The fourth-order valence-electron chi connectivity index (χ4n) is 0.863. The van der Waals surface area contributed by atoms with E-state index in [4.69, 9.17) is 0 Å². The number of thioether (sulfide) groups is 1. The summed E-state index contributed by atoms with van der Waals surface area (Å²) in [5.74, 6) is 0.876. The lowest BCUT2D eigenvalue weighted by Gasteiger charge is -2.07. The van der Waals surface area contributed by atoms with Gasteiger partial charge in [-0.25, -0.2) is 9.97 Å². The molecule has 72 valence electrons. The van der Waals surface area contributed by atoms with E-state index in [1.54, 1.807) is 18.1 Å². The maximum Gasteiger partial charge on any atom is 0.144 e. The van der Waals surface area contributed by atoms with Gasteiger partial charge in [0.05, 0.1) is 4.47 Å². The molecular formula is C8H12BrN3S. The molecule has 0 unspecified atom stereocenters. The fourth-order valence-corrected chi connectivity index (χ4v) is 2.12. The van der Waals surface area contributed by atoms with Crippen LogP contribution in [0.15, 0.2) is 15.8 Å². The van der Waals surface area contributed by atoms with Crippen LogP contribution in [-0.2, 0) is 0 Å². The molecule has 1 aromatic heterocycles. The summed E-state index contributed by atoms with van der Waals surface area (Å²) < 4.78 is 0.955. The second-order valence-electron chi connectivity index (χ2n) is 2.47. The van der Waals surface area contributed by atoms with Gasteiger partial charge in [-0.2, -0.15) is 0 Å². The van der Waals surface area contributed by atoms with Gasteiger partial charge in [-0.3, -0.25) is 0 Å². The van der Waals surface area contributed by atoms with E-state index in [1.807, 2.05) is 6.26 Å². The van der Waals surface area contributed by atoms with E-state index in [0.717, 1.165) is 28.3 Å². The van der Waals surface area contributed by atoms with Crippen LogP contribution in [0, 0.1) is 0 Å². The van der Waals surface area contributed by atoms with Crippen LogP contribution in [0.25, 0.3) is 0 Å². The number of hydrogen-bond donors (Lipinski definition) is 1. The van der Waals surface area contributed by atoms with E-state index < -0.39 is 0 Å². The van der Waals surface area contributed by atoms with Gasteiger partial charge in [0.2, 0.25) is 0 Å². The van der Waals surface area contributed by atoms with Crippen molar-refractivity contribution in [2.75, 3.05) is 18.1 Å². The Kier molecular flexibility index (Phi) is 4.52. The number of anilines is 1.